The Morgan fingerprint density at radius 2 is 2.06 bits per heavy atom. The normalized spacial score (nSPS) is 22.1. The van der Waals surface area contributed by atoms with Crippen LogP contribution in [0, 0.1) is 13.5 Å². The van der Waals surface area contributed by atoms with Gasteiger partial charge in [-0.25, -0.2) is 14.8 Å². The number of amides is 1. The lowest BCUT2D eigenvalue weighted by atomic mass is 9.92. The summed E-state index contributed by atoms with van der Waals surface area (Å²) in [6.07, 6.45) is 2.77. The first-order valence-corrected chi connectivity index (χ1v) is 12.1. The second kappa shape index (κ2) is 10.2. The molecule has 0 spiro atoms. The zero-order valence-electron chi connectivity index (χ0n) is 18.7. The molecule has 0 saturated carbocycles. The number of thioether (sulfide) groups is 1. The predicted octanol–water partition coefficient (Wildman–Crippen LogP) is 5.61. The molecule has 1 amide bonds. The predicted molar refractivity (Wildman–Crippen MR) is 130 cm³/mol. The maximum Gasteiger partial charge on any atom is 0.282 e. The van der Waals surface area contributed by atoms with E-state index in [0.717, 1.165) is 5.56 Å². The van der Waals surface area contributed by atoms with E-state index in [1.54, 1.807) is 18.2 Å². The Bertz CT molecular complexity index is 1060. The molecule has 2 bridgehead atoms. The lowest BCUT2D eigenvalue weighted by Crippen LogP contribution is -2.60. The van der Waals surface area contributed by atoms with Crippen LogP contribution in [0.4, 0.5) is 22.0 Å². The van der Waals surface area contributed by atoms with Crippen LogP contribution in [-0.4, -0.2) is 56.8 Å². The van der Waals surface area contributed by atoms with Crippen molar-refractivity contribution in [3.63, 3.8) is 0 Å². The summed E-state index contributed by atoms with van der Waals surface area (Å²) in [7, 11) is 0. The minimum absolute atomic E-state index is 0.000703. The zero-order valence-corrected chi connectivity index (χ0v) is 20.3. The van der Waals surface area contributed by atoms with Crippen molar-refractivity contribution < 1.29 is 14.3 Å². The lowest BCUT2D eigenvalue weighted by Gasteiger charge is -2.48. The molecule has 2 aromatic rings. The summed E-state index contributed by atoms with van der Waals surface area (Å²) in [6.45, 7) is 14.1. The summed E-state index contributed by atoms with van der Waals surface area (Å²) in [4.78, 5) is 26.8. The fourth-order valence-electron chi connectivity index (χ4n) is 4.16. The summed E-state index contributed by atoms with van der Waals surface area (Å²) in [6, 6.07) is 5.06. The largest absolute Gasteiger partial charge is 0.474 e. The lowest BCUT2D eigenvalue weighted by molar-refractivity contribution is -0.0738. The first-order valence-electron chi connectivity index (χ1n) is 10.8. The smallest absolute Gasteiger partial charge is 0.282 e. The number of nitrogens with one attached hydrogen (secondary N) is 1. The van der Waals surface area contributed by atoms with Gasteiger partial charge in [-0.15, -0.1) is 0 Å². The minimum atomic E-state index is -0.0695. The summed E-state index contributed by atoms with van der Waals surface area (Å²) in [5.41, 5.74) is 1.89. The van der Waals surface area contributed by atoms with Crippen molar-refractivity contribution in [3.8, 4) is 5.88 Å². The molecule has 10 heteroatoms. The van der Waals surface area contributed by atoms with Crippen molar-refractivity contribution in [2.45, 2.75) is 57.1 Å². The third-order valence-corrected chi connectivity index (χ3v) is 6.87. The Hall–Kier alpha value is -2.54. The monoisotopic (exact) mass is 487 g/mol. The van der Waals surface area contributed by atoms with Crippen molar-refractivity contribution in [2.75, 3.05) is 18.5 Å². The fraction of sp³-hybridized carbons (Fsp3) is 0.478. The highest BCUT2D eigenvalue weighted by molar-refractivity contribution is 8.14. The van der Waals surface area contributed by atoms with Gasteiger partial charge in [0.25, 0.3) is 5.24 Å². The van der Waals surface area contributed by atoms with E-state index in [1.165, 1.54) is 18.1 Å². The fourth-order valence-corrected chi connectivity index (χ4v) is 5.21. The van der Waals surface area contributed by atoms with Crippen LogP contribution in [0.5, 0.6) is 5.88 Å². The van der Waals surface area contributed by atoms with E-state index in [1.807, 2.05) is 25.7 Å². The van der Waals surface area contributed by atoms with E-state index in [0.29, 0.717) is 54.2 Å². The number of fused-ring (bicyclic) bond motifs is 2. The van der Waals surface area contributed by atoms with Gasteiger partial charge in [-0.3, -0.25) is 4.79 Å². The number of nitrogens with zero attached hydrogens (tertiary/aromatic N) is 4. The second-order valence-corrected chi connectivity index (χ2v) is 10.4. The topological polar surface area (TPSA) is 80.9 Å². The number of piperidine rings is 1. The molecule has 8 nitrogen and oxygen atoms in total. The van der Waals surface area contributed by atoms with E-state index < -0.39 is 0 Å². The van der Waals surface area contributed by atoms with Gasteiger partial charge in [0, 0.05) is 18.1 Å². The standard InChI is InChI=1S/C23H26ClN5O3S/c1-13(2)33-23(30)29-16-8-18(9-17(29)11-31-10-16)32-22-14(3)21(26-12-27-22)28-20-6-5-15(25-4)7-19(20)24/h5-7,12-13,16-18H,8-11H2,1-3H3,(H,26,27,28). The number of hydrogen-bond donors (Lipinski definition) is 1. The average Bonchev–Trinajstić information content (AvgIpc) is 2.76. The van der Waals surface area contributed by atoms with Crippen molar-refractivity contribution in [3.05, 3.63) is 46.5 Å². The number of aromatic nitrogens is 2. The Labute approximate surface area is 202 Å². The van der Waals surface area contributed by atoms with Crippen LogP contribution in [-0.2, 0) is 4.74 Å². The van der Waals surface area contributed by atoms with Crippen molar-refractivity contribution in [1.29, 1.82) is 0 Å². The molecule has 2 fully saturated rings. The molecule has 2 aliphatic rings. The van der Waals surface area contributed by atoms with E-state index in [9.17, 15) is 4.79 Å². The quantitative estimate of drug-likeness (QED) is 0.549. The highest BCUT2D eigenvalue weighted by Crippen LogP contribution is 2.35. The molecule has 0 radical (unpaired) electrons. The van der Waals surface area contributed by atoms with E-state index in [2.05, 4.69) is 20.1 Å². The third-order valence-electron chi connectivity index (χ3n) is 5.68. The Morgan fingerprint density at radius 3 is 2.70 bits per heavy atom. The highest BCUT2D eigenvalue weighted by atomic mass is 35.5. The maximum atomic E-state index is 12.8. The number of carbonyl (C=O) groups excluding carboxylic acids is 1. The number of halogens is 1. The highest BCUT2D eigenvalue weighted by Gasteiger charge is 2.43. The molecule has 33 heavy (non-hydrogen) atoms. The first kappa shape index (κ1) is 23.6. The first-order chi connectivity index (χ1) is 15.9. The molecule has 1 N–H and O–H groups in total. The van der Waals surface area contributed by atoms with Gasteiger partial charge in [-0.05, 0) is 19.1 Å². The second-order valence-electron chi connectivity index (χ2n) is 8.45. The van der Waals surface area contributed by atoms with Gasteiger partial charge in [0.05, 0.1) is 48.1 Å². The molecule has 2 unspecified atom stereocenters. The number of carbonyl (C=O) groups is 1. The number of rotatable bonds is 5. The van der Waals surface area contributed by atoms with E-state index in [4.69, 9.17) is 27.6 Å². The molecule has 0 aliphatic carbocycles. The zero-order chi connectivity index (χ0) is 23.5. The number of benzene rings is 1. The van der Waals surface area contributed by atoms with Crippen molar-refractivity contribution >= 4 is 45.8 Å². The number of morpholine rings is 1. The number of hydrogen-bond acceptors (Lipinski definition) is 7. The van der Waals surface area contributed by atoms with Crippen LogP contribution in [0.1, 0.15) is 32.3 Å². The minimum Gasteiger partial charge on any atom is -0.474 e. The molecule has 3 heterocycles. The molecule has 4 rings (SSSR count). The van der Waals surface area contributed by atoms with Crippen LogP contribution < -0.4 is 10.1 Å². The van der Waals surface area contributed by atoms with Gasteiger partial charge >= 0.3 is 0 Å². The average molecular weight is 488 g/mol. The van der Waals surface area contributed by atoms with Gasteiger partial charge in [0.15, 0.2) is 5.69 Å². The van der Waals surface area contributed by atoms with Gasteiger partial charge < -0.3 is 19.7 Å². The molecule has 2 aliphatic heterocycles. The van der Waals surface area contributed by atoms with Gasteiger partial charge in [0.2, 0.25) is 5.88 Å². The molecule has 174 valence electrons. The number of anilines is 2. The Balaban J connectivity index is 1.47. The van der Waals surface area contributed by atoms with Crippen LogP contribution in [0.2, 0.25) is 5.02 Å². The van der Waals surface area contributed by atoms with Gasteiger partial charge in [0.1, 0.15) is 18.2 Å². The Kier molecular flexibility index (Phi) is 7.27. The van der Waals surface area contributed by atoms with Crippen molar-refractivity contribution in [2.24, 2.45) is 0 Å². The summed E-state index contributed by atoms with van der Waals surface area (Å²) in [5, 5.41) is 4.01. The molecule has 1 aromatic heterocycles. The van der Waals surface area contributed by atoms with Gasteiger partial charge in [-0.1, -0.05) is 43.3 Å². The van der Waals surface area contributed by atoms with E-state index in [-0.39, 0.29) is 28.7 Å². The van der Waals surface area contributed by atoms with Gasteiger partial charge in [-0.2, -0.15) is 0 Å². The third kappa shape index (κ3) is 5.35. The molecular weight excluding hydrogens is 462 g/mol. The maximum absolute atomic E-state index is 12.8. The summed E-state index contributed by atoms with van der Waals surface area (Å²) in [5.74, 6) is 1.09. The molecular formula is C23H26ClN5O3S. The van der Waals surface area contributed by atoms with Crippen LogP contribution >= 0.6 is 23.4 Å². The van der Waals surface area contributed by atoms with Crippen LogP contribution in [0.25, 0.3) is 4.85 Å². The number of ether oxygens (including phenoxy) is 2. The molecule has 1 aromatic carbocycles. The Morgan fingerprint density at radius 1 is 1.33 bits per heavy atom. The summed E-state index contributed by atoms with van der Waals surface area (Å²) < 4.78 is 12.0. The van der Waals surface area contributed by atoms with Crippen molar-refractivity contribution in [1.82, 2.24) is 14.9 Å². The van der Waals surface area contributed by atoms with E-state index >= 15 is 0 Å². The SMILES string of the molecule is [C-]#[N+]c1ccc(Nc2ncnc(OC3CC4COCC(C3)N4C(=O)SC(C)C)c2C)c(Cl)c1. The summed E-state index contributed by atoms with van der Waals surface area (Å²) >= 11 is 7.67. The molecule has 2 atom stereocenters. The van der Waals surface area contributed by atoms with Crippen LogP contribution in [0.15, 0.2) is 24.5 Å². The van der Waals surface area contributed by atoms with Crippen LogP contribution in [0.3, 0.4) is 0 Å². The molecule has 2 saturated heterocycles.